The number of carbonyl (C=O) groups excluding carboxylic acids is 1. The number of rotatable bonds is 5. The quantitative estimate of drug-likeness (QED) is 0.689. The fourth-order valence-corrected chi connectivity index (χ4v) is 2.91. The molecule has 0 saturated carbocycles. The number of aryl methyl sites for hydroxylation is 1. The fraction of sp³-hybridized carbons (Fsp3) is 0.182. The van der Waals surface area contributed by atoms with Gasteiger partial charge in [0.25, 0.3) is 5.91 Å². The van der Waals surface area contributed by atoms with E-state index in [2.05, 4.69) is 41.6 Å². The van der Waals surface area contributed by atoms with Crippen molar-refractivity contribution in [3.63, 3.8) is 0 Å². The predicted molar refractivity (Wildman–Crippen MR) is 106 cm³/mol. The Bertz CT molecular complexity index is 889. The van der Waals surface area contributed by atoms with Crippen molar-refractivity contribution in [1.29, 1.82) is 0 Å². The molecule has 3 rings (SSSR count). The summed E-state index contributed by atoms with van der Waals surface area (Å²) >= 11 is 0. The second kappa shape index (κ2) is 7.83. The Morgan fingerprint density at radius 3 is 2.27 bits per heavy atom. The Labute approximate surface area is 154 Å². The van der Waals surface area contributed by atoms with E-state index < -0.39 is 0 Å². The van der Waals surface area contributed by atoms with Gasteiger partial charge in [-0.2, -0.15) is 0 Å². The van der Waals surface area contributed by atoms with Crippen LogP contribution in [0.4, 0.5) is 11.4 Å². The van der Waals surface area contributed by atoms with Crippen molar-refractivity contribution in [2.24, 2.45) is 0 Å². The normalized spacial score (nSPS) is 11.7. The topological polar surface area (TPSA) is 54.0 Å². The molecule has 2 N–H and O–H groups in total. The molecule has 0 saturated heterocycles. The highest BCUT2D eigenvalue weighted by Crippen LogP contribution is 2.21. The van der Waals surface area contributed by atoms with Crippen LogP contribution in [0.25, 0.3) is 0 Å². The van der Waals surface area contributed by atoms with E-state index in [-0.39, 0.29) is 11.9 Å². The van der Waals surface area contributed by atoms with Gasteiger partial charge >= 0.3 is 0 Å². The van der Waals surface area contributed by atoms with Crippen LogP contribution in [0, 0.1) is 13.8 Å². The zero-order valence-electron chi connectivity index (χ0n) is 15.3. The van der Waals surface area contributed by atoms with Crippen LogP contribution >= 0.6 is 0 Å². The molecular formula is C22H23N3O. The maximum atomic E-state index is 12.6. The zero-order valence-corrected chi connectivity index (χ0v) is 15.3. The molecule has 0 spiro atoms. The lowest BCUT2D eigenvalue weighted by Crippen LogP contribution is -2.27. The van der Waals surface area contributed by atoms with Gasteiger partial charge in [0, 0.05) is 29.3 Å². The first kappa shape index (κ1) is 17.7. The Morgan fingerprint density at radius 1 is 0.923 bits per heavy atom. The number of carbonyl (C=O) groups is 1. The third kappa shape index (κ3) is 4.09. The summed E-state index contributed by atoms with van der Waals surface area (Å²) in [5, 5.41) is 6.36. The van der Waals surface area contributed by atoms with Gasteiger partial charge in [-0.25, -0.2) is 0 Å². The minimum absolute atomic E-state index is 0.0444. The number of pyridine rings is 1. The summed E-state index contributed by atoms with van der Waals surface area (Å²) in [5.41, 5.74) is 6.13. The largest absolute Gasteiger partial charge is 0.355 e. The SMILES string of the molecule is Cc1cccc(C(C)NC(=O)c2ccc(Nc3ccncc3)cc2)c1C. The number of hydrogen-bond acceptors (Lipinski definition) is 3. The van der Waals surface area contributed by atoms with Crippen LogP contribution in [0.5, 0.6) is 0 Å². The van der Waals surface area contributed by atoms with E-state index in [1.54, 1.807) is 12.4 Å². The molecule has 0 aliphatic heterocycles. The van der Waals surface area contributed by atoms with Gasteiger partial charge < -0.3 is 10.6 Å². The van der Waals surface area contributed by atoms with Crippen molar-refractivity contribution in [2.75, 3.05) is 5.32 Å². The third-order valence-corrected chi connectivity index (χ3v) is 4.58. The number of nitrogens with zero attached hydrogens (tertiary/aromatic N) is 1. The second-order valence-corrected chi connectivity index (χ2v) is 6.42. The van der Waals surface area contributed by atoms with Crippen LogP contribution in [-0.2, 0) is 0 Å². The van der Waals surface area contributed by atoms with Gasteiger partial charge in [-0.15, -0.1) is 0 Å². The number of benzene rings is 2. The highest BCUT2D eigenvalue weighted by atomic mass is 16.1. The molecule has 3 aromatic rings. The Kier molecular flexibility index (Phi) is 5.32. The first-order chi connectivity index (χ1) is 12.5. The lowest BCUT2D eigenvalue weighted by molar-refractivity contribution is 0.0940. The molecule has 1 heterocycles. The smallest absolute Gasteiger partial charge is 0.251 e. The van der Waals surface area contributed by atoms with Crippen molar-refractivity contribution in [1.82, 2.24) is 10.3 Å². The van der Waals surface area contributed by atoms with Crippen LogP contribution in [-0.4, -0.2) is 10.9 Å². The summed E-state index contributed by atoms with van der Waals surface area (Å²) < 4.78 is 0. The van der Waals surface area contributed by atoms with Gasteiger partial charge in [-0.1, -0.05) is 18.2 Å². The summed E-state index contributed by atoms with van der Waals surface area (Å²) in [6, 6.07) is 17.4. The maximum Gasteiger partial charge on any atom is 0.251 e. The predicted octanol–water partition coefficient (Wildman–Crippen LogP) is 4.93. The lowest BCUT2D eigenvalue weighted by Gasteiger charge is -2.18. The molecule has 0 fully saturated rings. The first-order valence-electron chi connectivity index (χ1n) is 8.68. The average molecular weight is 345 g/mol. The zero-order chi connectivity index (χ0) is 18.5. The Hall–Kier alpha value is -3.14. The number of amides is 1. The highest BCUT2D eigenvalue weighted by molar-refractivity contribution is 5.94. The molecule has 0 aliphatic rings. The summed E-state index contributed by atoms with van der Waals surface area (Å²) in [7, 11) is 0. The van der Waals surface area contributed by atoms with E-state index in [9.17, 15) is 4.79 Å². The highest BCUT2D eigenvalue weighted by Gasteiger charge is 2.13. The third-order valence-electron chi connectivity index (χ3n) is 4.58. The van der Waals surface area contributed by atoms with Crippen molar-refractivity contribution in [3.05, 3.63) is 89.2 Å². The lowest BCUT2D eigenvalue weighted by atomic mass is 9.98. The van der Waals surface area contributed by atoms with E-state index >= 15 is 0 Å². The Balaban J connectivity index is 1.67. The summed E-state index contributed by atoms with van der Waals surface area (Å²) in [6.07, 6.45) is 3.47. The van der Waals surface area contributed by atoms with Gasteiger partial charge in [0.15, 0.2) is 0 Å². The molecule has 1 aromatic heterocycles. The van der Waals surface area contributed by atoms with Crippen LogP contribution in [0.2, 0.25) is 0 Å². The molecule has 1 amide bonds. The van der Waals surface area contributed by atoms with Gasteiger partial charge in [-0.3, -0.25) is 9.78 Å². The minimum Gasteiger partial charge on any atom is -0.355 e. The first-order valence-corrected chi connectivity index (χ1v) is 8.68. The van der Waals surface area contributed by atoms with Crippen molar-refractivity contribution >= 4 is 17.3 Å². The molecule has 26 heavy (non-hydrogen) atoms. The average Bonchev–Trinajstić information content (AvgIpc) is 2.65. The maximum absolute atomic E-state index is 12.6. The van der Waals surface area contributed by atoms with Gasteiger partial charge in [-0.05, 0) is 73.9 Å². The van der Waals surface area contributed by atoms with E-state index in [1.165, 1.54) is 11.1 Å². The van der Waals surface area contributed by atoms with E-state index in [0.29, 0.717) is 5.56 Å². The molecule has 0 aliphatic carbocycles. The van der Waals surface area contributed by atoms with Crippen molar-refractivity contribution in [3.8, 4) is 0 Å². The molecule has 1 unspecified atom stereocenters. The molecule has 0 radical (unpaired) electrons. The van der Waals surface area contributed by atoms with Gasteiger partial charge in [0.2, 0.25) is 0 Å². The minimum atomic E-state index is -0.0751. The van der Waals surface area contributed by atoms with E-state index in [1.807, 2.05) is 49.4 Å². The van der Waals surface area contributed by atoms with Gasteiger partial charge in [0.1, 0.15) is 0 Å². The molecule has 0 bridgehead atoms. The molecule has 132 valence electrons. The monoisotopic (exact) mass is 345 g/mol. The summed E-state index contributed by atoms with van der Waals surface area (Å²) in [4.78, 5) is 16.5. The van der Waals surface area contributed by atoms with E-state index in [4.69, 9.17) is 0 Å². The number of hydrogen-bond donors (Lipinski definition) is 2. The summed E-state index contributed by atoms with van der Waals surface area (Å²) in [6.45, 7) is 6.19. The van der Waals surface area contributed by atoms with Crippen LogP contribution in [0.15, 0.2) is 67.0 Å². The molecule has 4 heteroatoms. The number of nitrogens with one attached hydrogen (secondary N) is 2. The van der Waals surface area contributed by atoms with Crippen LogP contribution in [0.3, 0.4) is 0 Å². The number of anilines is 2. The number of aromatic nitrogens is 1. The van der Waals surface area contributed by atoms with E-state index in [0.717, 1.165) is 16.9 Å². The molecule has 1 atom stereocenters. The second-order valence-electron chi connectivity index (χ2n) is 6.42. The standard InChI is InChI=1S/C22H23N3O/c1-15-5-4-6-21(16(15)2)17(3)24-22(26)18-7-9-19(10-8-18)25-20-11-13-23-14-12-20/h4-14,17H,1-3H3,(H,23,25)(H,24,26). The molecule has 4 nitrogen and oxygen atoms in total. The summed E-state index contributed by atoms with van der Waals surface area (Å²) in [5.74, 6) is -0.0751. The van der Waals surface area contributed by atoms with Crippen LogP contribution < -0.4 is 10.6 Å². The van der Waals surface area contributed by atoms with Crippen molar-refractivity contribution < 1.29 is 4.79 Å². The molecular weight excluding hydrogens is 322 g/mol. The van der Waals surface area contributed by atoms with Gasteiger partial charge in [0.05, 0.1) is 6.04 Å². The fourth-order valence-electron chi connectivity index (χ4n) is 2.91. The Morgan fingerprint density at radius 2 is 1.58 bits per heavy atom. The molecule has 2 aromatic carbocycles. The van der Waals surface area contributed by atoms with Crippen LogP contribution in [0.1, 0.15) is 40.0 Å². The van der Waals surface area contributed by atoms with Crippen molar-refractivity contribution in [2.45, 2.75) is 26.8 Å².